The number of ether oxygens (including phenoxy) is 1. The molecule has 5 atom stereocenters. The predicted octanol–water partition coefficient (Wildman–Crippen LogP) is 6.76. The summed E-state index contributed by atoms with van der Waals surface area (Å²) in [6.07, 6.45) is -0.942. The molecule has 2 aliphatic heterocycles. The number of aromatic nitrogens is 4. The van der Waals surface area contributed by atoms with Gasteiger partial charge in [-0.1, -0.05) is 81.4 Å². The third-order valence-electron chi connectivity index (χ3n) is 12.5. The molecule has 4 N–H and O–H groups in total. The Morgan fingerprint density at radius 2 is 1.52 bits per heavy atom. The average molecular weight is 943 g/mol. The number of β-amino-alcohol motifs (C(OH)–C–C–N with tert-alkyl or cyclic N) is 1. The number of carbonyl (C=O) groups excluding carboxylic acids is 4. The van der Waals surface area contributed by atoms with Crippen molar-refractivity contribution < 1.29 is 34.1 Å². The van der Waals surface area contributed by atoms with Crippen molar-refractivity contribution in [2.75, 3.05) is 20.3 Å². The molecular formula is C50H54N8O7S2. The number of aliphatic imine (C=N–C) groups is 1. The third kappa shape index (κ3) is 9.46. The van der Waals surface area contributed by atoms with Crippen molar-refractivity contribution in [1.29, 1.82) is 0 Å². The molecule has 6 aromatic rings. The van der Waals surface area contributed by atoms with Crippen LogP contribution < -0.4 is 10.6 Å². The molecule has 0 saturated carbocycles. The number of aryl methyl sites for hydroxylation is 3. The number of rotatable bonds is 12. The van der Waals surface area contributed by atoms with E-state index in [1.54, 1.807) is 29.0 Å². The Morgan fingerprint density at radius 3 is 2.13 bits per heavy atom. The van der Waals surface area contributed by atoms with Crippen LogP contribution in [0.1, 0.15) is 101 Å². The van der Waals surface area contributed by atoms with E-state index in [2.05, 4.69) is 39.7 Å². The zero-order valence-corrected chi connectivity index (χ0v) is 40.3. The van der Waals surface area contributed by atoms with Gasteiger partial charge in [0.15, 0.2) is 5.82 Å². The van der Waals surface area contributed by atoms with E-state index in [1.807, 2.05) is 99.8 Å². The second kappa shape index (κ2) is 19.1. The Morgan fingerprint density at radius 1 is 0.881 bits per heavy atom. The number of carbonyl (C=O) groups is 4. The molecule has 1 fully saturated rings. The summed E-state index contributed by atoms with van der Waals surface area (Å²) >= 11 is 3.16. The van der Waals surface area contributed by atoms with Crippen molar-refractivity contribution in [2.45, 2.75) is 91.6 Å². The number of aliphatic hydroxyl groups excluding tert-OH is 2. The number of hydrogen-bond acceptors (Lipinski definition) is 13. The Balaban J connectivity index is 0.970. The number of likely N-dealkylation sites (tertiary alicyclic amines) is 1. The average Bonchev–Trinajstić information content (AvgIpc) is 4.08. The monoisotopic (exact) mass is 942 g/mol. The first kappa shape index (κ1) is 47.1. The first-order chi connectivity index (χ1) is 32.0. The maximum absolute atomic E-state index is 14.4. The summed E-state index contributed by atoms with van der Waals surface area (Å²) in [6, 6.07) is 19.1. The molecule has 3 aromatic carbocycles. The highest BCUT2D eigenvalue weighted by Crippen LogP contribution is 2.40. The summed E-state index contributed by atoms with van der Waals surface area (Å²) < 4.78 is 7.02. The fraction of sp³-hybridized carbons (Fsp3) is 0.360. The Hall–Kier alpha value is -6.40. The van der Waals surface area contributed by atoms with E-state index in [1.165, 1.54) is 23.3 Å². The predicted molar refractivity (Wildman–Crippen MR) is 257 cm³/mol. The highest BCUT2D eigenvalue weighted by atomic mass is 32.1. The van der Waals surface area contributed by atoms with E-state index in [-0.39, 0.29) is 26.0 Å². The van der Waals surface area contributed by atoms with E-state index in [0.29, 0.717) is 22.8 Å². The van der Waals surface area contributed by atoms with Gasteiger partial charge >= 0.3 is 5.97 Å². The lowest BCUT2D eigenvalue weighted by molar-refractivity contribution is -0.142. The minimum Gasteiger partial charge on any atom is -0.469 e. The molecule has 2 aliphatic rings. The number of aliphatic hydroxyl groups is 2. The smallest absolute Gasteiger partial charge is 0.308 e. The Bertz CT molecular complexity index is 2860. The van der Waals surface area contributed by atoms with E-state index in [9.17, 15) is 29.4 Å². The van der Waals surface area contributed by atoms with Crippen molar-refractivity contribution in [3.63, 3.8) is 0 Å². The molecule has 8 rings (SSSR count). The zero-order valence-electron chi connectivity index (χ0n) is 38.7. The second-order valence-corrected chi connectivity index (χ2v) is 20.2. The number of hydrogen-bond donors (Lipinski definition) is 4. The minimum absolute atomic E-state index is 0.00418. The molecule has 0 unspecified atom stereocenters. The summed E-state index contributed by atoms with van der Waals surface area (Å²) in [4.78, 5) is 67.7. The summed E-state index contributed by atoms with van der Waals surface area (Å²) in [6.45, 7) is 13.0. The molecular weight excluding hydrogens is 889 g/mol. The minimum atomic E-state index is -1.04. The van der Waals surface area contributed by atoms with Gasteiger partial charge in [0, 0.05) is 34.5 Å². The van der Waals surface area contributed by atoms with Crippen molar-refractivity contribution in [3.8, 4) is 26.6 Å². The van der Waals surface area contributed by atoms with Gasteiger partial charge < -0.3 is 30.5 Å². The van der Waals surface area contributed by atoms with Crippen molar-refractivity contribution in [2.24, 2.45) is 10.4 Å². The Kier molecular flexibility index (Phi) is 13.4. The summed E-state index contributed by atoms with van der Waals surface area (Å²) in [5, 5.41) is 36.6. The number of thiazole rings is 1. The van der Waals surface area contributed by atoms with E-state index < -0.39 is 59.4 Å². The van der Waals surface area contributed by atoms with Crippen molar-refractivity contribution in [1.82, 2.24) is 35.3 Å². The van der Waals surface area contributed by atoms with Crippen LogP contribution in [-0.4, -0.2) is 103 Å². The topological polar surface area (TPSA) is 201 Å². The van der Waals surface area contributed by atoms with Crippen molar-refractivity contribution in [3.05, 3.63) is 128 Å². The molecule has 348 valence electrons. The molecule has 67 heavy (non-hydrogen) atoms. The normalized spacial score (nSPS) is 17.7. The molecule has 0 radical (unpaired) electrons. The van der Waals surface area contributed by atoms with Gasteiger partial charge in [-0.2, -0.15) is 0 Å². The van der Waals surface area contributed by atoms with Crippen LogP contribution in [0, 0.1) is 33.1 Å². The molecule has 0 aliphatic carbocycles. The third-order valence-corrected chi connectivity index (χ3v) is 14.7. The zero-order chi connectivity index (χ0) is 47.9. The van der Waals surface area contributed by atoms with Crippen LogP contribution in [0.5, 0.6) is 0 Å². The number of nitrogens with zero attached hydrogens (tertiary/aromatic N) is 6. The fourth-order valence-electron chi connectivity index (χ4n) is 8.68. The fourth-order valence-corrected chi connectivity index (χ4v) is 10.7. The van der Waals surface area contributed by atoms with E-state index in [4.69, 9.17) is 9.73 Å². The van der Waals surface area contributed by atoms with Crippen LogP contribution in [0.25, 0.3) is 26.6 Å². The maximum atomic E-state index is 14.4. The maximum Gasteiger partial charge on any atom is 0.308 e. The second-order valence-electron chi connectivity index (χ2n) is 18.1. The van der Waals surface area contributed by atoms with Gasteiger partial charge in [0.1, 0.15) is 29.0 Å². The summed E-state index contributed by atoms with van der Waals surface area (Å²) in [5.41, 5.74) is 9.32. The van der Waals surface area contributed by atoms with Gasteiger partial charge in [-0.15, -0.1) is 32.9 Å². The number of benzene rings is 3. The van der Waals surface area contributed by atoms with Crippen molar-refractivity contribution >= 4 is 52.1 Å². The number of amides is 3. The number of esters is 1. The molecule has 3 aromatic heterocycles. The number of thiophene rings is 1. The number of methoxy groups -OCH3 is 1. The van der Waals surface area contributed by atoms with Gasteiger partial charge in [-0.25, -0.2) is 4.98 Å². The van der Waals surface area contributed by atoms with Gasteiger partial charge in [0.05, 0.1) is 54.1 Å². The van der Waals surface area contributed by atoms with Gasteiger partial charge in [0.25, 0.3) is 5.91 Å². The van der Waals surface area contributed by atoms with Crippen LogP contribution in [0.2, 0.25) is 0 Å². The van der Waals surface area contributed by atoms with Gasteiger partial charge in [-0.05, 0) is 73.1 Å². The lowest BCUT2D eigenvalue weighted by Crippen LogP contribution is -2.58. The molecule has 5 heterocycles. The summed E-state index contributed by atoms with van der Waals surface area (Å²) in [7, 11) is 1.36. The Labute approximate surface area is 397 Å². The molecule has 0 bridgehead atoms. The molecule has 0 spiro atoms. The number of fused-ring (bicyclic) bond motifs is 3. The van der Waals surface area contributed by atoms with E-state index >= 15 is 0 Å². The van der Waals surface area contributed by atoms with Crippen LogP contribution in [0.3, 0.4) is 0 Å². The highest BCUT2D eigenvalue weighted by Gasteiger charge is 2.45. The number of nitrogens with one attached hydrogen (secondary N) is 2. The molecule has 17 heteroatoms. The van der Waals surface area contributed by atoms with Crippen LogP contribution >= 0.6 is 22.7 Å². The standard InChI is InChI=1S/C50H54N8O7S2/c1-26-28(3)67-49-41(26)42(52-37(22-40(61)65-8)45-56-55-29(4)58(45)49)33-15-9-30(10-16-33)31-11-19-35(20-12-31)46(62)54-44(50(5,6)7)48(64)57-23-36(60)21-39(57)47(63)53-38(24-59)32-13-17-34(18-14-32)43-27(2)51-25-66-43/h9-20,25,36-39,44,59-60H,21-24H2,1-8H3,(H,53,63)(H,54,62)/t36-,37+,38+,39+,44-/m1/s1. The van der Waals surface area contributed by atoms with Gasteiger partial charge in [-0.3, -0.25) is 28.7 Å². The molecule has 15 nitrogen and oxygen atoms in total. The van der Waals surface area contributed by atoms with Gasteiger partial charge in [0.2, 0.25) is 11.8 Å². The lowest BCUT2D eigenvalue weighted by atomic mass is 9.85. The first-order valence-corrected chi connectivity index (χ1v) is 23.8. The summed E-state index contributed by atoms with van der Waals surface area (Å²) in [5.74, 6) is -0.600. The SMILES string of the molecule is COC(=O)C[C@@H]1N=C(c2ccc(-c3ccc(C(=O)N[C@H](C(=O)N4C[C@H](O)C[C@H]4C(=O)N[C@@H](CO)c4ccc(-c5scnc5C)cc4)C(C)(C)C)cc3)cc2)c2c(sc(C)c2C)-n2c(C)nnc21. The van der Waals surface area contributed by atoms with Crippen LogP contribution in [0.4, 0.5) is 0 Å². The molecule has 1 saturated heterocycles. The highest BCUT2D eigenvalue weighted by molar-refractivity contribution is 7.15. The van der Waals surface area contributed by atoms with E-state index in [0.717, 1.165) is 59.5 Å². The first-order valence-electron chi connectivity index (χ1n) is 22.1. The lowest BCUT2D eigenvalue weighted by Gasteiger charge is -2.35. The van der Waals surface area contributed by atoms with Crippen LogP contribution in [0.15, 0.2) is 83.3 Å². The molecule has 3 amide bonds. The largest absolute Gasteiger partial charge is 0.469 e. The van der Waals surface area contributed by atoms with Crippen LogP contribution in [-0.2, 0) is 19.1 Å². The quantitative estimate of drug-likeness (QED) is 0.0950.